The number of carbonyl (C=O) groups excluding carboxylic acids is 1. The Balaban J connectivity index is 1.38. The number of likely N-dealkylation sites (tertiary alicyclic amines) is 1. The van der Waals surface area contributed by atoms with E-state index < -0.39 is 17.6 Å². The monoisotopic (exact) mass is 349 g/mol. The molecule has 0 radical (unpaired) electrons. The molecule has 26 heavy (non-hydrogen) atoms. The van der Waals surface area contributed by atoms with Crippen LogP contribution >= 0.6 is 0 Å². The summed E-state index contributed by atoms with van der Waals surface area (Å²) in [5.74, 6) is -0.835. The van der Waals surface area contributed by atoms with E-state index in [4.69, 9.17) is 4.74 Å². The van der Waals surface area contributed by atoms with Crippen molar-refractivity contribution in [2.75, 3.05) is 13.2 Å². The first-order chi connectivity index (χ1) is 12.6. The molecule has 1 N–H and O–H groups in total. The van der Waals surface area contributed by atoms with Crippen molar-refractivity contribution >= 4 is 12.1 Å². The molecule has 5 rings (SSSR count). The second-order valence-corrected chi connectivity index (χ2v) is 7.37. The zero-order chi connectivity index (χ0) is 17.9. The highest BCUT2D eigenvalue weighted by atomic mass is 16.6. The van der Waals surface area contributed by atoms with Gasteiger partial charge in [0.15, 0.2) is 0 Å². The van der Waals surface area contributed by atoms with Crippen LogP contribution in [-0.4, -0.2) is 40.8 Å². The highest BCUT2D eigenvalue weighted by Crippen LogP contribution is 2.56. The Hall–Kier alpha value is -2.82. The van der Waals surface area contributed by atoms with Gasteiger partial charge in [0.25, 0.3) is 0 Å². The average Bonchev–Trinajstić information content (AvgIpc) is 3.14. The van der Waals surface area contributed by atoms with Gasteiger partial charge in [-0.1, -0.05) is 48.5 Å². The largest absolute Gasteiger partial charge is 0.479 e. The van der Waals surface area contributed by atoms with E-state index in [1.54, 1.807) is 0 Å². The maximum absolute atomic E-state index is 12.6. The Kier molecular flexibility index (Phi) is 3.17. The maximum atomic E-state index is 12.6. The first-order valence-electron chi connectivity index (χ1n) is 8.99. The van der Waals surface area contributed by atoms with Crippen LogP contribution in [0, 0.1) is 5.92 Å². The van der Waals surface area contributed by atoms with Crippen LogP contribution in [0.4, 0.5) is 4.79 Å². The van der Waals surface area contributed by atoms with Gasteiger partial charge in [0.1, 0.15) is 12.1 Å². The van der Waals surface area contributed by atoms with E-state index in [9.17, 15) is 14.7 Å². The number of carboxylic acids is 1. The Labute approximate surface area is 151 Å². The maximum Gasteiger partial charge on any atom is 0.410 e. The number of ether oxygens (including phenoxy) is 1. The molecule has 1 amide bonds. The van der Waals surface area contributed by atoms with Crippen LogP contribution in [0.5, 0.6) is 0 Å². The third-order valence-electron chi connectivity index (χ3n) is 6.18. The number of aliphatic carboxylic acids is 1. The predicted octanol–water partition coefficient (Wildman–Crippen LogP) is 3.48. The summed E-state index contributed by atoms with van der Waals surface area (Å²) in [4.78, 5) is 25.7. The molecular weight excluding hydrogens is 330 g/mol. The lowest BCUT2D eigenvalue weighted by Gasteiger charge is -2.25. The van der Waals surface area contributed by atoms with Crippen LogP contribution in [0.2, 0.25) is 0 Å². The molecule has 2 aromatic carbocycles. The summed E-state index contributed by atoms with van der Waals surface area (Å²) in [5, 5.41) is 9.52. The minimum atomic E-state index is -1.01. The Morgan fingerprint density at radius 2 is 1.69 bits per heavy atom. The number of fused-ring (bicyclic) bond motifs is 4. The van der Waals surface area contributed by atoms with E-state index in [-0.39, 0.29) is 18.4 Å². The molecule has 1 heterocycles. The van der Waals surface area contributed by atoms with E-state index in [1.807, 2.05) is 24.3 Å². The van der Waals surface area contributed by atoms with Crippen LogP contribution < -0.4 is 0 Å². The lowest BCUT2D eigenvalue weighted by molar-refractivity contribution is -0.144. The topological polar surface area (TPSA) is 66.8 Å². The first kappa shape index (κ1) is 15.4. The number of carbonyl (C=O) groups is 2. The minimum Gasteiger partial charge on any atom is -0.479 e. The molecule has 2 fully saturated rings. The summed E-state index contributed by atoms with van der Waals surface area (Å²) in [6.45, 7) is 0.692. The molecule has 0 bridgehead atoms. The smallest absolute Gasteiger partial charge is 0.410 e. The fourth-order valence-corrected chi connectivity index (χ4v) is 4.78. The predicted molar refractivity (Wildman–Crippen MR) is 94.9 cm³/mol. The molecule has 0 spiro atoms. The number of benzene rings is 2. The van der Waals surface area contributed by atoms with Crippen molar-refractivity contribution in [1.82, 2.24) is 4.90 Å². The number of carboxylic acid groups (broad SMARTS) is 1. The van der Waals surface area contributed by atoms with E-state index >= 15 is 0 Å². The Morgan fingerprint density at radius 1 is 1.08 bits per heavy atom. The first-order valence-corrected chi connectivity index (χ1v) is 8.99. The number of piperidine rings is 1. The third kappa shape index (κ3) is 1.97. The van der Waals surface area contributed by atoms with Gasteiger partial charge in [-0.25, -0.2) is 9.59 Å². The summed E-state index contributed by atoms with van der Waals surface area (Å²) in [6.07, 6.45) is 0.789. The molecule has 5 heteroatoms. The van der Waals surface area contributed by atoms with Gasteiger partial charge in [-0.15, -0.1) is 0 Å². The van der Waals surface area contributed by atoms with Crippen LogP contribution in [0.25, 0.3) is 11.1 Å². The lowest BCUT2D eigenvalue weighted by Crippen LogP contribution is -2.45. The molecule has 1 aliphatic heterocycles. The number of rotatable bonds is 3. The molecule has 3 aliphatic rings. The summed E-state index contributed by atoms with van der Waals surface area (Å²) in [7, 11) is 0. The summed E-state index contributed by atoms with van der Waals surface area (Å²) < 4.78 is 5.62. The van der Waals surface area contributed by atoms with Gasteiger partial charge in [0, 0.05) is 12.5 Å². The van der Waals surface area contributed by atoms with Gasteiger partial charge in [0.2, 0.25) is 0 Å². The van der Waals surface area contributed by atoms with Gasteiger partial charge in [-0.05, 0) is 41.0 Å². The fraction of sp³-hybridized carbons (Fsp3) is 0.333. The van der Waals surface area contributed by atoms with Gasteiger partial charge in [-0.2, -0.15) is 0 Å². The van der Waals surface area contributed by atoms with Crippen LogP contribution in [0.1, 0.15) is 29.9 Å². The number of amides is 1. The van der Waals surface area contributed by atoms with E-state index in [1.165, 1.54) is 16.0 Å². The van der Waals surface area contributed by atoms with Crippen LogP contribution in [-0.2, 0) is 9.53 Å². The quantitative estimate of drug-likeness (QED) is 0.921. The number of hydrogen-bond donors (Lipinski definition) is 1. The van der Waals surface area contributed by atoms with Crippen molar-refractivity contribution in [3.05, 3.63) is 59.7 Å². The van der Waals surface area contributed by atoms with Crippen LogP contribution in [0.3, 0.4) is 0 Å². The lowest BCUT2D eigenvalue weighted by atomic mass is 9.98. The third-order valence-corrected chi connectivity index (χ3v) is 6.18. The van der Waals surface area contributed by atoms with Crippen LogP contribution in [0.15, 0.2) is 48.5 Å². The molecule has 0 aromatic heterocycles. The normalized spacial score (nSPS) is 25.4. The zero-order valence-corrected chi connectivity index (χ0v) is 14.2. The van der Waals surface area contributed by atoms with Crippen molar-refractivity contribution in [2.24, 2.45) is 5.92 Å². The van der Waals surface area contributed by atoms with Crippen molar-refractivity contribution < 1.29 is 19.4 Å². The Morgan fingerprint density at radius 3 is 2.27 bits per heavy atom. The highest BCUT2D eigenvalue weighted by Gasteiger charge is 2.69. The van der Waals surface area contributed by atoms with Crippen molar-refractivity contribution in [3.8, 4) is 11.1 Å². The molecule has 5 nitrogen and oxygen atoms in total. The molecule has 1 saturated heterocycles. The second-order valence-electron chi connectivity index (χ2n) is 7.37. The molecule has 2 aromatic rings. The fourth-order valence-electron chi connectivity index (χ4n) is 4.78. The van der Waals surface area contributed by atoms with Crippen molar-refractivity contribution in [1.29, 1.82) is 0 Å². The van der Waals surface area contributed by atoms with Gasteiger partial charge < -0.3 is 9.84 Å². The summed E-state index contributed by atoms with van der Waals surface area (Å²) in [5.41, 5.74) is 3.65. The van der Waals surface area contributed by atoms with E-state index in [0.717, 1.165) is 17.5 Å². The molecule has 132 valence electrons. The molecule has 2 aliphatic carbocycles. The summed E-state index contributed by atoms with van der Waals surface area (Å²) >= 11 is 0. The van der Waals surface area contributed by atoms with Crippen molar-refractivity contribution in [2.45, 2.75) is 24.3 Å². The molecular formula is C21H19NO4. The molecule has 0 unspecified atom stereocenters. The van der Waals surface area contributed by atoms with E-state index in [2.05, 4.69) is 24.3 Å². The standard InChI is InChI=1S/C21H19NO4/c23-19(24)21-11-13(21)9-10-22(21)20(25)26-12-18-16-7-3-1-5-14(16)15-6-2-4-8-17(15)18/h1-8,13,18H,9-12H2,(H,23,24)/t13-,21+/m1/s1. The minimum absolute atomic E-state index is 0.00951. The SMILES string of the molecule is O=C(OCC1c2ccccc2-c2ccccc21)N1CC[C@@H]2C[C@@]21C(=O)O. The highest BCUT2D eigenvalue weighted by molar-refractivity contribution is 5.89. The second kappa shape index (κ2) is 5.34. The number of nitrogens with zero attached hydrogens (tertiary/aromatic N) is 1. The van der Waals surface area contributed by atoms with Gasteiger partial charge in [-0.3, -0.25) is 4.90 Å². The summed E-state index contributed by atoms with van der Waals surface area (Å²) in [6, 6.07) is 16.3. The average molecular weight is 349 g/mol. The van der Waals surface area contributed by atoms with Gasteiger partial charge in [0.05, 0.1) is 0 Å². The van der Waals surface area contributed by atoms with Gasteiger partial charge >= 0.3 is 12.1 Å². The Bertz CT molecular complexity index is 878. The molecule has 2 atom stereocenters. The zero-order valence-electron chi connectivity index (χ0n) is 14.2. The van der Waals surface area contributed by atoms with E-state index in [0.29, 0.717) is 13.0 Å². The number of hydrogen-bond acceptors (Lipinski definition) is 3. The van der Waals surface area contributed by atoms with Crippen molar-refractivity contribution in [3.63, 3.8) is 0 Å². The molecule has 1 saturated carbocycles.